The number of aliphatic hydroxyl groups is 1. The first-order chi connectivity index (χ1) is 7.72. The Bertz CT molecular complexity index is 248. The Morgan fingerprint density at radius 2 is 2.19 bits per heavy atom. The molecule has 0 radical (unpaired) electrons. The monoisotopic (exact) mass is 231 g/mol. The van der Waals surface area contributed by atoms with Crippen LogP contribution in [0.1, 0.15) is 13.3 Å². The van der Waals surface area contributed by atoms with Crippen LogP contribution in [0.3, 0.4) is 0 Å². The molecule has 5 nitrogen and oxygen atoms in total. The number of likely N-dealkylation sites (N-methyl/N-ethyl adjacent to an activating group) is 1. The summed E-state index contributed by atoms with van der Waals surface area (Å²) in [5.74, 6) is -0.515. The second-order valence-corrected chi connectivity index (χ2v) is 4.49. The van der Waals surface area contributed by atoms with E-state index in [9.17, 15) is 5.11 Å². The van der Waals surface area contributed by atoms with Crippen LogP contribution in [0, 0.1) is 5.92 Å². The van der Waals surface area contributed by atoms with Crippen molar-refractivity contribution in [3.63, 3.8) is 0 Å². The van der Waals surface area contributed by atoms with Crippen molar-refractivity contribution < 1.29 is 19.3 Å². The van der Waals surface area contributed by atoms with Crippen LogP contribution in [0.2, 0.25) is 0 Å². The molecule has 3 fully saturated rings. The molecule has 0 aromatic carbocycles. The van der Waals surface area contributed by atoms with Gasteiger partial charge in [0.25, 0.3) is 0 Å². The fourth-order valence-corrected chi connectivity index (χ4v) is 2.94. The second-order valence-electron chi connectivity index (χ2n) is 4.49. The molecule has 2 bridgehead atoms. The van der Waals surface area contributed by atoms with E-state index in [-0.39, 0.29) is 30.8 Å². The quantitative estimate of drug-likeness (QED) is 0.682. The summed E-state index contributed by atoms with van der Waals surface area (Å²) >= 11 is 0. The van der Waals surface area contributed by atoms with E-state index in [2.05, 4.69) is 12.2 Å². The summed E-state index contributed by atoms with van der Waals surface area (Å²) in [5.41, 5.74) is 0. The molecular weight excluding hydrogens is 210 g/mol. The number of nitrogens with one attached hydrogen (secondary N) is 1. The summed E-state index contributed by atoms with van der Waals surface area (Å²) in [6.45, 7) is 2.53. The number of rotatable bonds is 5. The Balaban J connectivity index is 2.12. The first-order valence-corrected chi connectivity index (χ1v) is 5.85. The number of hydrogen-bond donors (Lipinski definition) is 2. The van der Waals surface area contributed by atoms with Crippen LogP contribution in [0.4, 0.5) is 0 Å². The summed E-state index contributed by atoms with van der Waals surface area (Å²) in [6, 6.07) is 0.137. The number of aliphatic hydroxyl groups excluding tert-OH is 1. The molecule has 0 aromatic heterocycles. The van der Waals surface area contributed by atoms with Gasteiger partial charge in [-0.1, -0.05) is 6.92 Å². The van der Waals surface area contributed by atoms with Crippen molar-refractivity contribution in [1.82, 2.24) is 5.32 Å². The van der Waals surface area contributed by atoms with Gasteiger partial charge in [0.15, 0.2) is 5.79 Å². The summed E-state index contributed by atoms with van der Waals surface area (Å²) in [4.78, 5) is 0. The van der Waals surface area contributed by atoms with Gasteiger partial charge in [-0.2, -0.15) is 0 Å². The molecule has 5 unspecified atom stereocenters. The van der Waals surface area contributed by atoms with Crippen LogP contribution in [-0.4, -0.2) is 56.5 Å². The highest BCUT2D eigenvalue weighted by atomic mass is 16.8. The van der Waals surface area contributed by atoms with Gasteiger partial charge in [-0.15, -0.1) is 0 Å². The Kier molecular flexibility index (Phi) is 3.51. The van der Waals surface area contributed by atoms with Crippen LogP contribution >= 0.6 is 0 Å². The van der Waals surface area contributed by atoms with E-state index in [1.807, 2.05) is 7.05 Å². The highest BCUT2D eigenvalue weighted by Crippen LogP contribution is 2.49. The lowest BCUT2D eigenvalue weighted by molar-refractivity contribution is -0.451. The third-order valence-electron chi connectivity index (χ3n) is 3.73. The maximum atomic E-state index is 9.42. The highest BCUT2D eigenvalue weighted by Gasteiger charge is 2.64. The van der Waals surface area contributed by atoms with E-state index < -0.39 is 5.79 Å². The molecule has 5 atom stereocenters. The zero-order chi connectivity index (χ0) is 11.8. The van der Waals surface area contributed by atoms with Crippen molar-refractivity contribution in [3.05, 3.63) is 0 Å². The molecule has 0 amide bonds. The second kappa shape index (κ2) is 4.58. The van der Waals surface area contributed by atoms with Crippen molar-refractivity contribution in [2.45, 2.75) is 37.4 Å². The SMILES string of the molecule is CCC1C2OC1(CO)OC(COC)C2NC. The fourth-order valence-electron chi connectivity index (χ4n) is 2.94. The highest BCUT2D eigenvalue weighted by molar-refractivity contribution is 5.07. The molecule has 2 N–H and O–H groups in total. The van der Waals surface area contributed by atoms with Crippen molar-refractivity contribution in [1.29, 1.82) is 0 Å². The predicted octanol–water partition coefficient (Wildman–Crippen LogP) is -0.267. The molecule has 94 valence electrons. The average molecular weight is 231 g/mol. The first-order valence-electron chi connectivity index (χ1n) is 5.85. The van der Waals surface area contributed by atoms with E-state index in [1.165, 1.54) is 0 Å². The first kappa shape index (κ1) is 12.3. The van der Waals surface area contributed by atoms with E-state index in [0.717, 1.165) is 6.42 Å². The predicted molar refractivity (Wildman–Crippen MR) is 58.1 cm³/mol. The minimum absolute atomic E-state index is 0.0521. The maximum Gasteiger partial charge on any atom is 0.197 e. The molecule has 0 aliphatic carbocycles. The van der Waals surface area contributed by atoms with Gasteiger partial charge in [0, 0.05) is 13.0 Å². The van der Waals surface area contributed by atoms with Gasteiger partial charge in [0.05, 0.1) is 25.4 Å². The zero-order valence-electron chi connectivity index (χ0n) is 10.1. The van der Waals surface area contributed by atoms with E-state index in [4.69, 9.17) is 14.2 Å². The van der Waals surface area contributed by atoms with Crippen LogP contribution in [-0.2, 0) is 14.2 Å². The maximum absolute atomic E-state index is 9.42. The molecule has 3 aliphatic heterocycles. The molecular formula is C11H21NO4. The van der Waals surface area contributed by atoms with E-state index >= 15 is 0 Å². The summed E-state index contributed by atoms with van der Waals surface area (Å²) in [7, 11) is 3.55. The molecule has 3 heterocycles. The van der Waals surface area contributed by atoms with Gasteiger partial charge >= 0.3 is 0 Å². The molecule has 0 saturated carbocycles. The topological polar surface area (TPSA) is 60.0 Å². The fraction of sp³-hybridized carbons (Fsp3) is 1.00. The average Bonchev–Trinajstić information content (AvgIpc) is 2.29. The Morgan fingerprint density at radius 1 is 1.44 bits per heavy atom. The van der Waals surface area contributed by atoms with Gasteiger partial charge in [-0.25, -0.2) is 0 Å². The van der Waals surface area contributed by atoms with Crippen LogP contribution in [0.15, 0.2) is 0 Å². The molecule has 0 spiro atoms. The largest absolute Gasteiger partial charge is 0.391 e. The van der Waals surface area contributed by atoms with Gasteiger partial charge in [0.1, 0.15) is 6.10 Å². The van der Waals surface area contributed by atoms with E-state index in [1.54, 1.807) is 7.11 Å². The number of ether oxygens (including phenoxy) is 3. The Labute approximate surface area is 96.1 Å². The Morgan fingerprint density at radius 3 is 2.69 bits per heavy atom. The lowest BCUT2D eigenvalue weighted by atomic mass is 9.75. The minimum atomic E-state index is -0.782. The van der Waals surface area contributed by atoms with E-state index in [0.29, 0.717) is 6.61 Å². The standard InChI is InChI=1S/C11H21NO4/c1-4-7-10-9(12-2)8(5-14-3)15-11(7,6-13)16-10/h7-10,12-13H,4-6H2,1-3H3. The molecule has 3 saturated heterocycles. The third-order valence-corrected chi connectivity index (χ3v) is 3.73. The van der Waals surface area contributed by atoms with Gasteiger partial charge in [0.2, 0.25) is 0 Å². The minimum Gasteiger partial charge on any atom is -0.391 e. The van der Waals surface area contributed by atoms with Crippen LogP contribution in [0.5, 0.6) is 0 Å². The van der Waals surface area contributed by atoms with Crippen LogP contribution < -0.4 is 5.32 Å². The lowest BCUT2D eigenvalue weighted by Gasteiger charge is -2.62. The molecule has 3 aliphatic rings. The molecule has 5 heteroatoms. The van der Waals surface area contributed by atoms with Gasteiger partial charge in [-0.3, -0.25) is 0 Å². The molecule has 16 heavy (non-hydrogen) atoms. The van der Waals surface area contributed by atoms with Gasteiger partial charge < -0.3 is 24.6 Å². The third kappa shape index (κ3) is 1.58. The van der Waals surface area contributed by atoms with Gasteiger partial charge in [-0.05, 0) is 13.5 Å². The molecule has 3 rings (SSSR count). The van der Waals surface area contributed by atoms with Crippen molar-refractivity contribution >= 4 is 0 Å². The molecule has 0 aromatic rings. The lowest BCUT2D eigenvalue weighted by Crippen LogP contribution is -2.77. The van der Waals surface area contributed by atoms with Crippen molar-refractivity contribution in [2.75, 3.05) is 27.4 Å². The normalized spacial score (nSPS) is 46.5. The zero-order valence-corrected chi connectivity index (χ0v) is 10.1. The number of hydrogen-bond acceptors (Lipinski definition) is 5. The Hall–Kier alpha value is -0.200. The number of fused-ring (bicyclic) bond motifs is 2. The summed E-state index contributed by atoms with van der Waals surface area (Å²) in [6.07, 6.45) is 1.02. The van der Waals surface area contributed by atoms with Crippen molar-refractivity contribution in [2.24, 2.45) is 5.92 Å². The van der Waals surface area contributed by atoms with Crippen LogP contribution in [0.25, 0.3) is 0 Å². The summed E-state index contributed by atoms with van der Waals surface area (Å²) in [5, 5.41) is 12.6. The van der Waals surface area contributed by atoms with Crippen molar-refractivity contribution in [3.8, 4) is 0 Å². The smallest absolute Gasteiger partial charge is 0.197 e. The summed E-state index contributed by atoms with van der Waals surface area (Å²) < 4.78 is 16.7. The number of methoxy groups -OCH3 is 1.